The van der Waals surface area contributed by atoms with Gasteiger partial charge in [0, 0.05) is 11.4 Å². The van der Waals surface area contributed by atoms with Gasteiger partial charge in [-0.25, -0.2) is 8.78 Å². The van der Waals surface area contributed by atoms with Crippen LogP contribution < -0.4 is 5.30 Å². The molecule has 1 aromatic carbocycles. The van der Waals surface area contributed by atoms with Gasteiger partial charge in [-0.05, 0) is 22.4 Å². The first-order chi connectivity index (χ1) is 7.53. The summed E-state index contributed by atoms with van der Waals surface area (Å²) in [6, 6.07) is 3.94. The SMILES string of the molecule is CC(C)(C)P(c1ccc(F)cc1F)C(C)(C)C. The lowest BCUT2D eigenvalue weighted by Gasteiger charge is -2.41. The third-order valence-corrected chi connectivity index (χ3v) is 6.02. The molecule has 0 aliphatic rings. The van der Waals surface area contributed by atoms with E-state index in [2.05, 4.69) is 41.5 Å². The van der Waals surface area contributed by atoms with Crippen LogP contribution in [0.5, 0.6) is 0 Å². The highest BCUT2D eigenvalue weighted by atomic mass is 31.1. The minimum Gasteiger partial charge on any atom is -0.207 e. The van der Waals surface area contributed by atoms with Crippen molar-refractivity contribution in [2.24, 2.45) is 0 Å². The topological polar surface area (TPSA) is 0 Å². The molecule has 0 radical (unpaired) electrons. The van der Waals surface area contributed by atoms with E-state index >= 15 is 0 Å². The van der Waals surface area contributed by atoms with Gasteiger partial charge in [0.1, 0.15) is 11.6 Å². The average Bonchev–Trinajstić information content (AvgIpc) is 2.04. The zero-order valence-corrected chi connectivity index (χ0v) is 12.3. The van der Waals surface area contributed by atoms with Gasteiger partial charge in [0.25, 0.3) is 0 Å². The van der Waals surface area contributed by atoms with E-state index in [0.717, 1.165) is 6.07 Å². The van der Waals surface area contributed by atoms with Crippen LogP contribution in [0.2, 0.25) is 0 Å². The number of rotatable bonds is 1. The smallest absolute Gasteiger partial charge is 0.133 e. The summed E-state index contributed by atoms with van der Waals surface area (Å²) in [6.07, 6.45) is 0. The van der Waals surface area contributed by atoms with E-state index in [4.69, 9.17) is 0 Å². The molecular formula is C14H21F2P. The van der Waals surface area contributed by atoms with Crippen molar-refractivity contribution in [2.45, 2.75) is 51.9 Å². The van der Waals surface area contributed by atoms with Crippen molar-refractivity contribution in [3.63, 3.8) is 0 Å². The lowest BCUT2D eigenvalue weighted by Crippen LogP contribution is -2.32. The summed E-state index contributed by atoms with van der Waals surface area (Å²) in [5.74, 6) is -0.926. The molecule has 17 heavy (non-hydrogen) atoms. The molecule has 3 heteroatoms. The Morgan fingerprint density at radius 1 is 0.882 bits per heavy atom. The fourth-order valence-corrected chi connectivity index (χ4v) is 6.35. The van der Waals surface area contributed by atoms with Gasteiger partial charge in [0.05, 0.1) is 0 Å². The van der Waals surface area contributed by atoms with E-state index in [1.165, 1.54) is 6.07 Å². The molecule has 0 fully saturated rings. The fourth-order valence-electron chi connectivity index (χ4n) is 2.39. The normalized spacial score (nSPS) is 13.2. The Balaban J connectivity index is 3.34. The average molecular weight is 258 g/mol. The van der Waals surface area contributed by atoms with Crippen LogP contribution in [-0.4, -0.2) is 10.3 Å². The lowest BCUT2D eigenvalue weighted by atomic mass is 10.2. The van der Waals surface area contributed by atoms with E-state index < -0.39 is 19.6 Å². The minimum atomic E-state index is -0.713. The minimum absolute atomic E-state index is 0.00769. The second-order valence-corrected chi connectivity index (χ2v) is 10.1. The molecule has 0 aromatic heterocycles. The number of hydrogen-bond acceptors (Lipinski definition) is 0. The molecule has 0 N–H and O–H groups in total. The summed E-state index contributed by atoms with van der Waals surface area (Å²) in [4.78, 5) is 0. The van der Waals surface area contributed by atoms with Gasteiger partial charge in [0.2, 0.25) is 0 Å². The van der Waals surface area contributed by atoms with Crippen molar-refractivity contribution < 1.29 is 8.78 Å². The summed E-state index contributed by atoms with van der Waals surface area (Å²) in [7, 11) is -0.713. The first-order valence-electron chi connectivity index (χ1n) is 5.79. The standard InChI is InChI=1S/C14H21F2P/c1-13(2,3)17(14(4,5)6)12-8-7-10(15)9-11(12)16/h7-9H,1-6H3. The third-order valence-electron chi connectivity index (χ3n) is 2.49. The maximum absolute atomic E-state index is 13.9. The van der Waals surface area contributed by atoms with Gasteiger partial charge < -0.3 is 0 Å². The predicted molar refractivity (Wildman–Crippen MR) is 72.4 cm³/mol. The summed E-state index contributed by atoms with van der Waals surface area (Å²) < 4.78 is 26.9. The largest absolute Gasteiger partial charge is 0.207 e. The Kier molecular flexibility index (Phi) is 3.98. The number of benzene rings is 1. The van der Waals surface area contributed by atoms with Gasteiger partial charge in [-0.1, -0.05) is 49.5 Å². The van der Waals surface area contributed by atoms with Gasteiger partial charge >= 0.3 is 0 Å². The maximum atomic E-state index is 13.9. The van der Waals surface area contributed by atoms with Gasteiger partial charge in [-0.2, -0.15) is 0 Å². The highest BCUT2D eigenvalue weighted by molar-refractivity contribution is 7.68. The molecule has 0 aliphatic carbocycles. The van der Waals surface area contributed by atoms with Gasteiger partial charge in [-0.15, -0.1) is 0 Å². The molecule has 96 valence electrons. The van der Waals surface area contributed by atoms with Crippen molar-refractivity contribution in [1.29, 1.82) is 0 Å². The monoisotopic (exact) mass is 258 g/mol. The Morgan fingerprint density at radius 2 is 1.35 bits per heavy atom. The van der Waals surface area contributed by atoms with Crippen LogP contribution in [0.15, 0.2) is 18.2 Å². The third kappa shape index (κ3) is 3.48. The lowest BCUT2D eigenvalue weighted by molar-refractivity contribution is 0.587. The Hall–Kier alpha value is -0.490. The molecule has 0 atom stereocenters. The molecule has 0 unspecified atom stereocenters. The molecule has 0 saturated carbocycles. The Morgan fingerprint density at radius 3 is 1.71 bits per heavy atom. The van der Waals surface area contributed by atoms with E-state index in [0.29, 0.717) is 5.30 Å². The van der Waals surface area contributed by atoms with Crippen molar-refractivity contribution >= 4 is 13.2 Å². The van der Waals surface area contributed by atoms with E-state index in [9.17, 15) is 8.78 Å². The van der Waals surface area contributed by atoms with Crippen molar-refractivity contribution in [1.82, 2.24) is 0 Å². The second-order valence-electron chi connectivity index (χ2n) is 6.27. The zero-order valence-electron chi connectivity index (χ0n) is 11.4. The Labute approximate surface area is 104 Å². The number of hydrogen-bond donors (Lipinski definition) is 0. The van der Waals surface area contributed by atoms with Crippen molar-refractivity contribution in [3.05, 3.63) is 29.8 Å². The van der Waals surface area contributed by atoms with E-state index in [-0.39, 0.29) is 10.3 Å². The quantitative estimate of drug-likeness (QED) is 0.642. The maximum Gasteiger partial charge on any atom is 0.133 e. The molecule has 0 heterocycles. The molecule has 0 nitrogen and oxygen atoms in total. The summed E-state index contributed by atoms with van der Waals surface area (Å²) in [5, 5.41) is 0.653. The van der Waals surface area contributed by atoms with E-state index in [1.54, 1.807) is 6.07 Å². The first kappa shape index (κ1) is 14.6. The van der Waals surface area contributed by atoms with Crippen LogP contribution in [-0.2, 0) is 0 Å². The van der Waals surface area contributed by atoms with Crippen LogP contribution >= 0.6 is 7.92 Å². The highest BCUT2D eigenvalue weighted by Gasteiger charge is 2.37. The van der Waals surface area contributed by atoms with Gasteiger partial charge in [-0.3, -0.25) is 0 Å². The molecule has 0 bridgehead atoms. The molecular weight excluding hydrogens is 237 g/mol. The predicted octanol–water partition coefficient (Wildman–Crippen LogP) is 4.67. The molecule has 0 saturated heterocycles. The second kappa shape index (κ2) is 4.65. The zero-order chi connectivity index (χ0) is 13.4. The fraction of sp³-hybridized carbons (Fsp3) is 0.571. The molecule has 1 aromatic rings. The molecule has 1 rings (SSSR count). The van der Waals surface area contributed by atoms with Crippen molar-refractivity contribution in [2.75, 3.05) is 0 Å². The highest BCUT2D eigenvalue weighted by Crippen LogP contribution is 2.58. The molecule has 0 spiro atoms. The summed E-state index contributed by atoms with van der Waals surface area (Å²) in [5.41, 5.74) is 0. The van der Waals surface area contributed by atoms with Crippen LogP contribution in [0.1, 0.15) is 41.5 Å². The molecule has 0 aliphatic heterocycles. The van der Waals surface area contributed by atoms with Crippen LogP contribution in [0.25, 0.3) is 0 Å². The Bertz CT molecular complexity index is 386. The van der Waals surface area contributed by atoms with Crippen LogP contribution in [0.4, 0.5) is 8.78 Å². The van der Waals surface area contributed by atoms with Crippen LogP contribution in [0, 0.1) is 11.6 Å². The number of halogens is 2. The first-order valence-corrected chi connectivity index (χ1v) is 7.13. The summed E-state index contributed by atoms with van der Waals surface area (Å²) in [6.45, 7) is 12.7. The van der Waals surface area contributed by atoms with Crippen molar-refractivity contribution in [3.8, 4) is 0 Å². The van der Waals surface area contributed by atoms with Gasteiger partial charge in [0.15, 0.2) is 0 Å². The van der Waals surface area contributed by atoms with E-state index in [1.807, 2.05) is 0 Å². The molecule has 0 amide bonds. The summed E-state index contributed by atoms with van der Waals surface area (Å²) >= 11 is 0. The van der Waals surface area contributed by atoms with Crippen LogP contribution in [0.3, 0.4) is 0 Å².